The van der Waals surface area contributed by atoms with Crippen molar-refractivity contribution in [2.45, 2.75) is 77.4 Å². The maximum Gasteiger partial charge on any atom is 0.329 e. The largest absolute Gasteiger partial charge is 0.480 e. The van der Waals surface area contributed by atoms with Gasteiger partial charge in [0.05, 0.1) is 6.10 Å². The minimum absolute atomic E-state index is 0.0886. The van der Waals surface area contributed by atoms with Crippen molar-refractivity contribution < 1.29 is 19.4 Å². The van der Waals surface area contributed by atoms with Gasteiger partial charge in [-0.15, -0.1) is 0 Å². The van der Waals surface area contributed by atoms with Gasteiger partial charge in [-0.1, -0.05) is 13.8 Å². The van der Waals surface area contributed by atoms with E-state index in [-0.39, 0.29) is 23.5 Å². The summed E-state index contributed by atoms with van der Waals surface area (Å²) in [4.78, 5) is 25.2. The van der Waals surface area contributed by atoms with E-state index < -0.39 is 5.97 Å². The summed E-state index contributed by atoms with van der Waals surface area (Å²) < 4.78 is 5.83. The number of hydrogen-bond acceptors (Lipinski definition) is 3. The van der Waals surface area contributed by atoms with Crippen LogP contribution < -0.4 is 0 Å². The second-order valence-corrected chi connectivity index (χ2v) is 9.80. The van der Waals surface area contributed by atoms with Crippen LogP contribution in [0.25, 0.3) is 0 Å². The fourth-order valence-corrected chi connectivity index (χ4v) is 7.55. The van der Waals surface area contributed by atoms with Gasteiger partial charge in [-0.05, 0) is 73.5 Å². The number of likely N-dealkylation sites (tertiary alicyclic amines) is 1. The zero-order chi connectivity index (χ0) is 18.7. The van der Waals surface area contributed by atoms with Crippen molar-refractivity contribution in [3.05, 3.63) is 0 Å². The van der Waals surface area contributed by atoms with E-state index in [9.17, 15) is 9.59 Å². The van der Waals surface area contributed by atoms with Gasteiger partial charge in [0.1, 0.15) is 6.61 Å². The van der Waals surface area contributed by atoms with Crippen LogP contribution in [0.2, 0.25) is 0 Å². The van der Waals surface area contributed by atoms with Gasteiger partial charge in [-0.25, -0.2) is 4.79 Å². The summed E-state index contributed by atoms with van der Waals surface area (Å²) in [5.41, 5.74) is 0.364. The highest BCUT2D eigenvalue weighted by molar-refractivity contribution is 5.77. The number of carbonyl (C=O) groups excluding carboxylic acids is 1. The Kier molecular flexibility index (Phi) is 4.37. The van der Waals surface area contributed by atoms with Gasteiger partial charge in [-0.3, -0.25) is 4.79 Å². The van der Waals surface area contributed by atoms with E-state index in [1.165, 1.54) is 12.8 Å². The van der Waals surface area contributed by atoms with Crippen LogP contribution in [0, 0.1) is 28.6 Å². The molecule has 1 N–H and O–H groups in total. The van der Waals surface area contributed by atoms with Crippen molar-refractivity contribution in [2.75, 3.05) is 13.7 Å². The molecule has 1 heterocycles. The van der Waals surface area contributed by atoms with E-state index in [4.69, 9.17) is 9.84 Å². The van der Waals surface area contributed by atoms with Crippen LogP contribution in [0.4, 0.5) is 0 Å². The van der Waals surface area contributed by atoms with Crippen molar-refractivity contribution in [2.24, 2.45) is 28.6 Å². The molecule has 0 aromatic rings. The number of ether oxygens (including phenoxy) is 1. The van der Waals surface area contributed by atoms with Crippen LogP contribution in [-0.4, -0.2) is 47.7 Å². The number of fused-ring (bicyclic) bond motifs is 5. The lowest BCUT2D eigenvalue weighted by molar-refractivity contribution is -0.165. The normalized spacial score (nSPS) is 47.9. The Labute approximate surface area is 156 Å². The Balaban J connectivity index is 1.55. The van der Waals surface area contributed by atoms with Crippen molar-refractivity contribution >= 4 is 11.9 Å². The molecule has 3 aliphatic carbocycles. The van der Waals surface area contributed by atoms with Gasteiger partial charge in [0.25, 0.3) is 0 Å². The minimum atomic E-state index is -0.867. The van der Waals surface area contributed by atoms with Crippen molar-refractivity contribution in [1.82, 2.24) is 4.90 Å². The summed E-state index contributed by atoms with van der Waals surface area (Å²) in [6.07, 6.45) is 8.62. The number of carboxylic acid groups (broad SMARTS) is 1. The lowest BCUT2D eigenvalue weighted by atomic mass is 9.47. The molecule has 4 fully saturated rings. The number of carboxylic acids is 1. The van der Waals surface area contributed by atoms with E-state index in [1.807, 2.05) is 11.9 Å². The van der Waals surface area contributed by atoms with Crippen LogP contribution in [0.5, 0.6) is 0 Å². The number of carbonyl (C=O) groups is 2. The molecule has 0 unspecified atom stereocenters. The standard InChI is InChI=1S/C21H33NO4/c1-20-11-9-18(23)22(3)16(20)6-4-13-14-5-7-17(26-12-19(24)25)21(14,2)10-8-15(13)20/h13-17H,4-12H2,1-3H3,(H,24,25)/t13-,14-,15-,16+,17-,20+,21-/m0/s1. The highest BCUT2D eigenvalue weighted by Crippen LogP contribution is 2.65. The molecule has 1 aliphatic heterocycles. The molecule has 1 amide bonds. The third-order valence-electron chi connectivity index (χ3n) is 8.88. The Bertz CT molecular complexity index is 607. The zero-order valence-corrected chi connectivity index (χ0v) is 16.4. The molecule has 3 saturated carbocycles. The maximum absolute atomic E-state index is 12.2. The Morgan fingerprint density at radius 1 is 1.12 bits per heavy atom. The molecule has 146 valence electrons. The molecule has 4 rings (SSSR count). The van der Waals surface area contributed by atoms with Crippen molar-refractivity contribution in [1.29, 1.82) is 0 Å². The predicted molar refractivity (Wildman–Crippen MR) is 97.6 cm³/mol. The molecule has 0 aromatic carbocycles. The number of aliphatic carboxylic acids is 1. The molecule has 26 heavy (non-hydrogen) atoms. The van der Waals surface area contributed by atoms with Crippen LogP contribution in [0.3, 0.4) is 0 Å². The fraction of sp³-hybridized carbons (Fsp3) is 0.905. The summed E-state index contributed by atoms with van der Waals surface area (Å²) in [6, 6.07) is 0.398. The molecule has 0 bridgehead atoms. The molecule has 7 atom stereocenters. The monoisotopic (exact) mass is 363 g/mol. The Morgan fingerprint density at radius 3 is 2.58 bits per heavy atom. The highest BCUT2D eigenvalue weighted by Gasteiger charge is 2.61. The average Bonchev–Trinajstić information content (AvgIpc) is 2.93. The first kappa shape index (κ1) is 18.3. The zero-order valence-electron chi connectivity index (χ0n) is 16.4. The van der Waals surface area contributed by atoms with E-state index >= 15 is 0 Å². The number of piperidine rings is 1. The first-order valence-corrected chi connectivity index (χ1v) is 10.4. The van der Waals surface area contributed by atoms with Crippen LogP contribution >= 0.6 is 0 Å². The maximum atomic E-state index is 12.2. The fourth-order valence-electron chi connectivity index (χ4n) is 7.55. The molecule has 5 heteroatoms. The second-order valence-electron chi connectivity index (χ2n) is 9.80. The first-order chi connectivity index (χ1) is 12.3. The molecule has 0 spiro atoms. The summed E-state index contributed by atoms with van der Waals surface area (Å²) in [7, 11) is 2.00. The van der Waals surface area contributed by atoms with Gasteiger partial charge >= 0.3 is 5.97 Å². The molecule has 0 radical (unpaired) electrons. The van der Waals surface area contributed by atoms with Gasteiger partial charge in [-0.2, -0.15) is 0 Å². The third-order valence-corrected chi connectivity index (χ3v) is 8.88. The first-order valence-electron chi connectivity index (χ1n) is 10.4. The number of nitrogens with zero attached hydrogens (tertiary/aromatic N) is 1. The molecule has 1 saturated heterocycles. The van der Waals surface area contributed by atoms with Gasteiger partial charge < -0.3 is 14.7 Å². The quantitative estimate of drug-likeness (QED) is 0.835. The van der Waals surface area contributed by atoms with E-state index in [2.05, 4.69) is 13.8 Å². The number of rotatable bonds is 3. The molecule has 4 aliphatic rings. The Hall–Kier alpha value is -1.10. The van der Waals surface area contributed by atoms with Gasteiger partial charge in [0, 0.05) is 19.5 Å². The number of hydrogen-bond donors (Lipinski definition) is 1. The summed E-state index contributed by atoms with van der Waals surface area (Å²) in [5, 5.41) is 8.99. The molecular weight excluding hydrogens is 330 g/mol. The SMILES string of the molecule is CN1C(=O)CC[C@]2(C)[C@H]3CC[C@]4(C)[C@@H](OCC(=O)O)CC[C@H]4[C@@H]3CC[C@@H]12. The summed E-state index contributed by atoms with van der Waals surface area (Å²) in [5.74, 6) is 1.48. The lowest BCUT2D eigenvalue weighted by Crippen LogP contribution is -2.61. The summed E-state index contributed by atoms with van der Waals surface area (Å²) >= 11 is 0. The lowest BCUT2D eigenvalue weighted by Gasteiger charge is -2.61. The van der Waals surface area contributed by atoms with Crippen molar-refractivity contribution in [3.8, 4) is 0 Å². The number of amides is 1. The molecular formula is C21H33NO4. The van der Waals surface area contributed by atoms with Crippen molar-refractivity contribution in [3.63, 3.8) is 0 Å². The smallest absolute Gasteiger partial charge is 0.329 e. The van der Waals surface area contributed by atoms with Gasteiger partial charge in [0.15, 0.2) is 0 Å². The van der Waals surface area contributed by atoms with E-state index in [0.29, 0.717) is 36.1 Å². The molecule has 5 nitrogen and oxygen atoms in total. The predicted octanol–water partition coefficient (Wildman–Crippen LogP) is 3.32. The third kappa shape index (κ3) is 2.53. The topological polar surface area (TPSA) is 66.8 Å². The average molecular weight is 363 g/mol. The minimum Gasteiger partial charge on any atom is -0.480 e. The summed E-state index contributed by atoms with van der Waals surface area (Å²) in [6.45, 7) is 4.61. The van der Waals surface area contributed by atoms with Gasteiger partial charge in [0.2, 0.25) is 5.91 Å². The van der Waals surface area contributed by atoms with Crippen LogP contribution in [0.1, 0.15) is 65.2 Å². The molecule has 0 aromatic heterocycles. The van der Waals surface area contributed by atoms with Crippen LogP contribution in [-0.2, 0) is 14.3 Å². The van der Waals surface area contributed by atoms with E-state index in [1.54, 1.807) is 0 Å². The van der Waals surface area contributed by atoms with E-state index in [0.717, 1.165) is 32.1 Å². The second kappa shape index (κ2) is 6.22. The highest BCUT2D eigenvalue weighted by atomic mass is 16.5. The Morgan fingerprint density at radius 2 is 1.85 bits per heavy atom. The van der Waals surface area contributed by atoms with Crippen LogP contribution in [0.15, 0.2) is 0 Å².